The molecule has 0 aliphatic rings. The van der Waals surface area contributed by atoms with Crippen LogP contribution in [0.3, 0.4) is 0 Å². The van der Waals surface area contributed by atoms with Gasteiger partial charge in [0.1, 0.15) is 17.1 Å². The van der Waals surface area contributed by atoms with E-state index in [4.69, 9.17) is 19.0 Å². The third kappa shape index (κ3) is 5.13. The minimum absolute atomic E-state index is 0.0108. The van der Waals surface area contributed by atoms with Gasteiger partial charge in [0, 0.05) is 24.5 Å². The van der Waals surface area contributed by atoms with Crippen LogP contribution in [0, 0.1) is 11.8 Å². The van der Waals surface area contributed by atoms with E-state index in [1.165, 1.54) is 6.07 Å². The Hall–Kier alpha value is -3.72. The largest absolute Gasteiger partial charge is 0.493 e. The van der Waals surface area contributed by atoms with Crippen LogP contribution in [-0.2, 0) is 4.79 Å². The van der Waals surface area contributed by atoms with Crippen LogP contribution in [0.25, 0.3) is 11.0 Å². The Balaban J connectivity index is 1.62. The molecule has 0 spiro atoms. The van der Waals surface area contributed by atoms with Crippen molar-refractivity contribution < 1.29 is 23.8 Å². The second-order valence-corrected chi connectivity index (χ2v) is 5.55. The first-order valence-corrected chi connectivity index (χ1v) is 8.25. The monoisotopic (exact) mass is 364 g/mol. The molecule has 0 bridgehead atoms. The lowest BCUT2D eigenvalue weighted by Gasteiger charge is -2.08. The quantitative estimate of drug-likeness (QED) is 0.534. The number of rotatable bonds is 6. The third-order valence-corrected chi connectivity index (χ3v) is 3.56. The van der Waals surface area contributed by atoms with Crippen molar-refractivity contribution in [2.75, 3.05) is 13.2 Å². The lowest BCUT2D eigenvalue weighted by molar-refractivity contribution is -0.130. The van der Waals surface area contributed by atoms with Crippen molar-refractivity contribution in [3.8, 4) is 23.3 Å². The Kier molecular flexibility index (Phi) is 5.75. The number of carboxylic acid groups (broad SMARTS) is 1. The minimum atomic E-state index is -1.30. The van der Waals surface area contributed by atoms with Crippen molar-refractivity contribution in [1.82, 2.24) is 0 Å². The van der Waals surface area contributed by atoms with Gasteiger partial charge < -0.3 is 19.0 Å². The summed E-state index contributed by atoms with van der Waals surface area (Å²) in [5.41, 5.74) is -0.0102. The molecule has 2 aromatic carbocycles. The number of ether oxygens (including phenoxy) is 2. The van der Waals surface area contributed by atoms with Crippen LogP contribution in [0.15, 0.2) is 63.8 Å². The van der Waals surface area contributed by atoms with Crippen molar-refractivity contribution in [3.63, 3.8) is 0 Å². The molecule has 136 valence electrons. The molecule has 6 nitrogen and oxygen atoms in total. The fraction of sp³-hybridized carbons (Fsp3) is 0.143. The zero-order valence-electron chi connectivity index (χ0n) is 14.3. The number of carboxylic acids is 1. The predicted octanol–water partition coefficient (Wildman–Crippen LogP) is 3.08. The van der Waals surface area contributed by atoms with Gasteiger partial charge in [-0.3, -0.25) is 4.79 Å². The molecule has 0 radical (unpaired) electrons. The summed E-state index contributed by atoms with van der Waals surface area (Å²) in [6.07, 6.45) is 0.682. The van der Waals surface area contributed by atoms with Crippen molar-refractivity contribution in [2.45, 2.75) is 6.42 Å². The van der Waals surface area contributed by atoms with Crippen LogP contribution in [0.5, 0.6) is 11.5 Å². The number of hydrogen-bond donors (Lipinski definition) is 1. The van der Waals surface area contributed by atoms with E-state index in [1.807, 2.05) is 36.3 Å². The van der Waals surface area contributed by atoms with E-state index in [1.54, 1.807) is 18.2 Å². The van der Waals surface area contributed by atoms with E-state index < -0.39 is 5.97 Å². The van der Waals surface area contributed by atoms with Gasteiger partial charge in [-0.05, 0) is 30.2 Å². The van der Waals surface area contributed by atoms with Crippen LogP contribution in [0.2, 0.25) is 0 Å². The number of fused-ring (bicyclic) bond motifs is 1. The Bertz CT molecular complexity index is 1060. The molecular formula is C21H16O6. The Labute approximate surface area is 155 Å². The maximum Gasteiger partial charge on any atom is 0.382 e. The topological polar surface area (TPSA) is 86.0 Å². The smallest absolute Gasteiger partial charge is 0.382 e. The molecule has 1 N–H and O–H groups in total. The molecule has 3 aromatic rings. The molecule has 1 heterocycles. The molecule has 0 fully saturated rings. The summed E-state index contributed by atoms with van der Waals surface area (Å²) in [6.45, 7) is 0.947. The van der Waals surface area contributed by atoms with Gasteiger partial charge in [-0.1, -0.05) is 18.2 Å². The highest BCUT2D eigenvalue weighted by Crippen LogP contribution is 2.20. The van der Waals surface area contributed by atoms with Gasteiger partial charge in [0.15, 0.2) is 11.2 Å². The molecule has 27 heavy (non-hydrogen) atoms. The normalized spacial score (nSPS) is 10.1. The zero-order valence-corrected chi connectivity index (χ0v) is 14.3. The summed E-state index contributed by atoms with van der Waals surface area (Å²) >= 11 is 0. The highest BCUT2D eigenvalue weighted by atomic mass is 16.5. The fourth-order valence-corrected chi connectivity index (χ4v) is 2.36. The molecule has 6 heteroatoms. The van der Waals surface area contributed by atoms with Gasteiger partial charge in [-0.25, -0.2) is 4.79 Å². The molecule has 0 saturated heterocycles. The van der Waals surface area contributed by atoms with Gasteiger partial charge >= 0.3 is 5.97 Å². The van der Waals surface area contributed by atoms with E-state index in [0.717, 1.165) is 5.75 Å². The maximum atomic E-state index is 12.1. The highest BCUT2D eigenvalue weighted by molar-refractivity contribution is 5.87. The van der Waals surface area contributed by atoms with Crippen molar-refractivity contribution in [1.29, 1.82) is 0 Å². The lowest BCUT2D eigenvalue weighted by Crippen LogP contribution is -2.05. The number of benzene rings is 2. The molecule has 0 aliphatic carbocycles. The molecule has 0 saturated carbocycles. The lowest BCUT2D eigenvalue weighted by atomic mass is 10.2. The van der Waals surface area contributed by atoms with Gasteiger partial charge in [0.2, 0.25) is 0 Å². The summed E-state index contributed by atoms with van der Waals surface area (Å²) in [5, 5.41) is 8.96. The van der Waals surface area contributed by atoms with Gasteiger partial charge in [-0.2, -0.15) is 0 Å². The molecule has 0 unspecified atom stereocenters. The number of carbonyl (C=O) groups is 1. The molecular weight excluding hydrogens is 348 g/mol. The summed E-state index contributed by atoms with van der Waals surface area (Å²) in [6, 6.07) is 15.5. The van der Waals surface area contributed by atoms with Crippen LogP contribution >= 0.6 is 0 Å². The second-order valence-electron chi connectivity index (χ2n) is 5.55. The maximum absolute atomic E-state index is 12.1. The summed E-state index contributed by atoms with van der Waals surface area (Å²) < 4.78 is 16.7. The number of aliphatic carboxylic acids is 1. The van der Waals surface area contributed by atoms with Crippen LogP contribution in [0.1, 0.15) is 12.2 Å². The standard InChI is InChI=1S/C21H16O6/c22-19-13-17(8-10-21(23)24)27-20-14-16(7-9-18(19)20)26-12-4-11-25-15-5-2-1-3-6-15/h1-3,5-7,9,13-14H,4,11-12H2,(H,23,24). The molecule has 1 aromatic heterocycles. The zero-order chi connectivity index (χ0) is 19.1. The van der Waals surface area contributed by atoms with Gasteiger partial charge in [0.05, 0.1) is 18.6 Å². The van der Waals surface area contributed by atoms with Crippen LogP contribution < -0.4 is 14.9 Å². The SMILES string of the molecule is O=C(O)C#Cc1cc(=O)c2ccc(OCCCOc3ccccc3)cc2o1. The first-order valence-electron chi connectivity index (χ1n) is 8.25. The van der Waals surface area contributed by atoms with E-state index in [2.05, 4.69) is 5.92 Å². The van der Waals surface area contributed by atoms with Gasteiger partial charge in [-0.15, -0.1) is 0 Å². The average molecular weight is 364 g/mol. The minimum Gasteiger partial charge on any atom is -0.493 e. The van der Waals surface area contributed by atoms with E-state index in [-0.39, 0.29) is 16.8 Å². The molecule has 3 rings (SSSR count). The fourth-order valence-electron chi connectivity index (χ4n) is 2.36. The third-order valence-electron chi connectivity index (χ3n) is 3.56. The van der Waals surface area contributed by atoms with Crippen molar-refractivity contribution in [3.05, 3.63) is 70.6 Å². The van der Waals surface area contributed by atoms with Gasteiger partial charge in [0.25, 0.3) is 0 Å². The Morgan fingerprint density at radius 1 is 1.00 bits per heavy atom. The first-order chi connectivity index (χ1) is 13.1. The van der Waals surface area contributed by atoms with E-state index in [0.29, 0.717) is 30.8 Å². The Morgan fingerprint density at radius 3 is 2.48 bits per heavy atom. The van der Waals surface area contributed by atoms with Crippen LogP contribution in [0.4, 0.5) is 0 Å². The average Bonchev–Trinajstić information content (AvgIpc) is 2.67. The summed E-state index contributed by atoms with van der Waals surface area (Å²) in [4.78, 5) is 22.6. The highest BCUT2D eigenvalue weighted by Gasteiger charge is 2.06. The Morgan fingerprint density at radius 2 is 1.74 bits per heavy atom. The number of para-hydroxylation sites is 1. The summed E-state index contributed by atoms with van der Waals surface area (Å²) in [7, 11) is 0. The molecule has 0 atom stereocenters. The summed E-state index contributed by atoms with van der Waals surface area (Å²) in [5.74, 6) is 4.25. The molecule has 0 aliphatic heterocycles. The molecule has 0 amide bonds. The first kappa shape index (κ1) is 18.1. The predicted molar refractivity (Wildman–Crippen MR) is 99.0 cm³/mol. The number of hydrogen-bond acceptors (Lipinski definition) is 5. The van der Waals surface area contributed by atoms with E-state index >= 15 is 0 Å². The van der Waals surface area contributed by atoms with E-state index in [9.17, 15) is 9.59 Å². The second kappa shape index (κ2) is 8.59. The van der Waals surface area contributed by atoms with Crippen molar-refractivity contribution >= 4 is 16.9 Å². The van der Waals surface area contributed by atoms with Crippen molar-refractivity contribution in [2.24, 2.45) is 0 Å². The van der Waals surface area contributed by atoms with Crippen LogP contribution in [-0.4, -0.2) is 24.3 Å².